The van der Waals surface area contributed by atoms with E-state index in [-0.39, 0.29) is 6.61 Å². The third-order valence-electron chi connectivity index (χ3n) is 3.85. The van der Waals surface area contributed by atoms with Gasteiger partial charge in [-0.1, -0.05) is 24.3 Å². The number of nitrogens with zero attached hydrogens (tertiary/aromatic N) is 1. The molecule has 2 aromatic carbocycles. The van der Waals surface area contributed by atoms with Crippen molar-refractivity contribution in [3.05, 3.63) is 64.3 Å². The maximum atomic E-state index is 12.3. The van der Waals surface area contributed by atoms with Gasteiger partial charge in [-0.25, -0.2) is 4.79 Å². The van der Waals surface area contributed by atoms with Crippen LogP contribution in [0, 0.1) is 6.92 Å². The van der Waals surface area contributed by atoms with E-state index in [1.807, 2.05) is 54.9 Å². The van der Waals surface area contributed by atoms with E-state index < -0.39 is 11.9 Å². The molecule has 0 saturated carbocycles. The van der Waals surface area contributed by atoms with Crippen LogP contribution in [0.4, 0.5) is 5.69 Å². The summed E-state index contributed by atoms with van der Waals surface area (Å²) in [4.78, 5) is 24.4. The van der Waals surface area contributed by atoms with E-state index in [0.29, 0.717) is 11.3 Å². The van der Waals surface area contributed by atoms with Gasteiger partial charge in [-0.15, -0.1) is 0 Å². The SMILES string of the molecule is Cc1ccc(NC(=O)COC(=O)c2cn(C)c3ccccc23)c(Br)c1. The third-order valence-corrected chi connectivity index (χ3v) is 4.51. The second-order valence-electron chi connectivity index (χ2n) is 5.78. The lowest BCUT2D eigenvalue weighted by atomic mass is 10.2. The fourth-order valence-electron chi connectivity index (χ4n) is 2.62. The lowest BCUT2D eigenvalue weighted by Gasteiger charge is -2.08. The normalized spacial score (nSPS) is 10.7. The summed E-state index contributed by atoms with van der Waals surface area (Å²) in [5.74, 6) is -0.909. The molecule has 0 saturated heterocycles. The van der Waals surface area contributed by atoms with Crippen LogP contribution >= 0.6 is 15.9 Å². The van der Waals surface area contributed by atoms with Crippen molar-refractivity contribution in [3.63, 3.8) is 0 Å². The fourth-order valence-corrected chi connectivity index (χ4v) is 3.21. The highest BCUT2D eigenvalue weighted by Gasteiger charge is 2.16. The molecule has 0 fully saturated rings. The number of amides is 1. The molecule has 0 aliphatic carbocycles. The first-order valence-corrected chi connectivity index (χ1v) is 8.52. The predicted molar refractivity (Wildman–Crippen MR) is 101 cm³/mol. The quantitative estimate of drug-likeness (QED) is 0.672. The van der Waals surface area contributed by atoms with Gasteiger partial charge in [0.15, 0.2) is 6.61 Å². The van der Waals surface area contributed by atoms with E-state index in [2.05, 4.69) is 21.2 Å². The van der Waals surface area contributed by atoms with E-state index in [9.17, 15) is 9.59 Å². The van der Waals surface area contributed by atoms with Gasteiger partial charge in [0.25, 0.3) is 5.91 Å². The number of rotatable bonds is 4. The molecule has 0 bridgehead atoms. The van der Waals surface area contributed by atoms with Crippen LogP contribution in [0.3, 0.4) is 0 Å². The van der Waals surface area contributed by atoms with E-state index >= 15 is 0 Å². The minimum absolute atomic E-state index is 0.345. The standard InChI is InChI=1S/C19H17BrN2O3/c1-12-7-8-16(15(20)9-12)21-18(23)11-25-19(24)14-10-22(2)17-6-4-3-5-13(14)17/h3-10H,11H2,1-2H3,(H,21,23). The smallest absolute Gasteiger partial charge is 0.340 e. The molecule has 5 nitrogen and oxygen atoms in total. The molecule has 1 N–H and O–H groups in total. The van der Waals surface area contributed by atoms with Gasteiger partial charge < -0.3 is 14.6 Å². The second kappa shape index (κ2) is 7.11. The molecule has 1 amide bonds. The number of anilines is 1. The van der Waals surface area contributed by atoms with Gasteiger partial charge in [0, 0.05) is 28.6 Å². The zero-order chi connectivity index (χ0) is 18.0. The van der Waals surface area contributed by atoms with Crippen molar-refractivity contribution in [2.24, 2.45) is 7.05 Å². The lowest BCUT2D eigenvalue weighted by molar-refractivity contribution is -0.119. The van der Waals surface area contributed by atoms with Crippen LogP contribution in [-0.4, -0.2) is 23.1 Å². The maximum Gasteiger partial charge on any atom is 0.340 e. The molecule has 0 atom stereocenters. The van der Waals surface area contributed by atoms with Crippen molar-refractivity contribution in [2.75, 3.05) is 11.9 Å². The summed E-state index contributed by atoms with van der Waals surface area (Å²) in [7, 11) is 1.86. The Balaban J connectivity index is 1.66. The minimum atomic E-state index is -0.519. The van der Waals surface area contributed by atoms with Crippen LogP contribution in [0.5, 0.6) is 0 Å². The highest BCUT2D eigenvalue weighted by Crippen LogP contribution is 2.23. The topological polar surface area (TPSA) is 60.3 Å². The van der Waals surface area contributed by atoms with Gasteiger partial charge in [0.05, 0.1) is 11.3 Å². The average molecular weight is 401 g/mol. The van der Waals surface area contributed by atoms with Crippen LogP contribution in [0.1, 0.15) is 15.9 Å². The van der Waals surface area contributed by atoms with Crippen molar-refractivity contribution in [3.8, 4) is 0 Å². The Hall–Kier alpha value is -2.60. The summed E-state index contributed by atoms with van der Waals surface area (Å²) in [6.07, 6.45) is 1.71. The highest BCUT2D eigenvalue weighted by molar-refractivity contribution is 9.10. The molecule has 0 unspecified atom stereocenters. The number of hydrogen-bond acceptors (Lipinski definition) is 3. The van der Waals surface area contributed by atoms with Crippen LogP contribution in [0.2, 0.25) is 0 Å². The summed E-state index contributed by atoms with van der Waals surface area (Å²) in [5.41, 5.74) is 3.09. The molecule has 25 heavy (non-hydrogen) atoms. The monoisotopic (exact) mass is 400 g/mol. The predicted octanol–water partition coefficient (Wildman–Crippen LogP) is 4.04. The van der Waals surface area contributed by atoms with Gasteiger partial charge in [-0.2, -0.15) is 0 Å². The summed E-state index contributed by atoms with van der Waals surface area (Å²) in [5, 5.41) is 3.52. The number of benzene rings is 2. The Kier molecular flexibility index (Phi) is 4.90. The van der Waals surface area contributed by atoms with Gasteiger partial charge in [-0.3, -0.25) is 4.79 Å². The largest absolute Gasteiger partial charge is 0.452 e. The van der Waals surface area contributed by atoms with E-state index in [4.69, 9.17) is 4.74 Å². The molecular formula is C19H17BrN2O3. The molecule has 128 valence electrons. The molecule has 0 aliphatic rings. The number of carbonyl (C=O) groups is 2. The number of fused-ring (bicyclic) bond motifs is 1. The number of aromatic nitrogens is 1. The molecule has 1 heterocycles. The first kappa shape index (κ1) is 17.2. The van der Waals surface area contributed by atoms with Crippen LogP contribution < -0.4 is 5.32 Å². The number of esters is 1. The molecule has 6 heteroatoms. The van der Waals surface area contributed by atoms with E-state index in [1.165, 1.54) is 0 Å². The van der Waals surface area contributed by atoms with Crippen LogP contribution in [0.15, 0.2) is 53.1 Å². The molecule has 3 rings (SSSR count). The molecule has 3 aromatic rings. The summed E-state index contributed by atoms with van der Waals surface area (Å²) in [6.45, 7) is 1.62. The molecule has 1 aromatic heterocycles. The Morgan fingerprint density at radius 3 is 2.72 bits per heavy atom. The number of halogens is 1. The number of carbonyl (C=O) groups excluding carboxylic acids is 2. The second-order valence-corrected chi connectivity index (χ2v) is 6.63. The number of ether oxygens (including phenoxy) is 1. The molecule has 0 aliphatic heterocycles. The van der Waals surface area contributed by atoms with Crippen molar-refractivity contribution in [1.82, 2.24) is 4.57 Å². The third kappa shape index (κ3) is 3.74. The van der Waals surface area contributed by atoms with Gasteiger partial charge >= 0.3 is 5.97 Å². The highest BCUT2D eigenvalue weighted by atomic mass is 79.9. The zero-order valence-electron chi connectivity index (χ0n) is 13.9. The van der Waals surface area contributed by atoms with Gasteiger partial charge in [0.2, 0.25) is 0 Å². The Labute approximate surface area is 153 Å². The van der Waals surface area contributed by atoms with Crippen molar-refractivity contribution in [2.45, 2.75) is 6.92 Å². The fraction of sp³-hybridized carbons (Fsp3) is 0.158. The average Bonchev–Trinajstić information content (AvgIpc) is 2.93. The first-order valence-electron chi connectivity index (χ1n) is 7.73. The zero-order valence-corrected chi connectivity index (χ0v) is 15.5. The lowest BCUT2D eigenvalue weighted by Crippen LogP contribution is -2.21. The number of aryl methyl sites for hydroxylation is 2. The molecular weight excluding hydrogens is 384 g/mol. The first-order chi connectivity index (χ1) is 12.0. The minimum Gasteiger partial charge on any atom is -0.452 e. The Bertz CT molecular complexity index is 962. The molecule has 0 spiro atoms. The van der Waals surface area contributed by atoms with Crippen molar-refractivity contribution < 1.29 is 14.3 Å². The van der Waals surface area contributed by atoms with E-state index in [0.717, 1.165) is 20.9 Å². The van der Waals surface area contributed by atoms with Crippen molar-refractivity contribution in [1.29, 1.82) is 0 Å². The van der Waals surface area contributed by atoms with Gasteiger partial charge in [0.1, 0.15) is 0 Å². The number of nitrogens with one attached hydrogen (secondary N) is 1. The Morgan fingerprint density at radius 2 is 1.96 bits per heavy atom. The van der Waals surface area contributed by atoms with Crippen LogP contribution in [-0.2, 0) is 16.6 Å². The number of para-hydroxylation sites is 1. The molecule has 0 radical (unpaired) electrons. The van der Waals surface area contributed by atoms with E-state index in [1.54, 1.807) is 12.3 Å². The summed E-state index contributed by atoms with van der Waals surface area (Å²) in [6, 6.07) is 13.1. The van der Waals surface area contributed by atoms with Crippen LogP contribution in [0.25, 0.3) is 10.9 Å². The van der Waals surface area contributed by atoms with Gasteiger partial charge in [-0.05, 0) is 46.6 Å². The van der Waals surface area contributed by atoms with Crippen molar-refractivity contribution >= 4 is 44.4 Å². The summed E-state index contributed by atoms with van der Waals surface area (Å²) >= 11 is 3.40. The number of hydrogen-bond donors (Lipinski definition) is 1. The maximum absolute atomic E-state index is 12.3. The summed E-state index contributed by atoms with van der Waals surface area (Å²) < 4.78 is 7.80. The Morgan fingerprint density at radius 1 is 1.20 bits per heavy atom.